The van der Waals surface area contributed by atoms with E-state index in [9.17, 15) is 13.2 Å². The van der Waals surface area contributed by atoms with Gasteiger partial charge in [-0.05, 0) is 24.6 Å². The summed E-state index contributed by atoms with van der Waals surface area (Å²) in [6, 6.07) is 5.30. The Morgan fingerprint density at radius 1 is 1.40 bits per heavy atom. The fraction of sp³-hybridized carbons (Fsp3) is 0.308. The number of aromatic nitrogens is 1. The molecule has 2 rings (SSSR count). The number of alkyl halides is 3. The van der Waals surface area contributed by atoms with Gasteiger partial charge in [0.25, 0.3) is 0 Å². The van der Waals surface area contributed by atoms with E-state index in [0.717, 1.165) is 10.7 Å². The van der Waals surface area contributed by atoms with E-state index in [1.807, 2.05) is 12.3 Å². The molecule has 1 atom stereocenters. The Morgan fingerprint density at radius 2 is 2.15 bits per heavy atom. The molecule has 20 heavy (non-hydrogen) atoms. The number of nitrogens with two attached hydrogens (primary N) is 1. The van der Waals surface area contributed by atoms with Gasteiger partial charge in [-0.3, -0.25) is 0 Å². The lowest BCUT2D eigenvalue weighted by Crippen LogP contribution is -2.18. The summed E-state index contributed by atoms with van der Waals surface area (Å²) in [4.78, 5) is 4.29. The van der Waals surface area contributed by atoms with Crippen molar-refractivity contribution in [3.63, 3.8) is 0 Å². The molecule has 108 valence electrons. The number of halogens is 3. The Morgan fingerprint density at radius 3 is 2.75 bits per heavy atom. The maximum Gasteiger partial charge on any atom is 0.573 e. The number of hydrogen-bond donors (Lipinski definition) is 1. The van der Waals surface area contributed by atoms with Crippen LogP contribution >= 0.6 is 11.3 Å². The monoisotopic (exact) mass is 302 g/mol. The van der Waals surface area contributed by atoms with Crippen LogP contribution in [0.2, 0.25) is 0 Å². The molecule has 0 aliphatic heterocycles. The topological polar surface area (TPSA) is 48.1 Å². The van der Waals surface area contributed by atoms with Gasteiger partial charge in [-0.1, -0.05) is 12.1 Å². The van der Waals surface area contributed by atoms with Gasteiger partial charge in [-0.2, -0.15) is 0 Å². The van der Waals surface area contributed by atoms with E-state index in [2.05, 4.69) is 9.72 Å². The number of hydrogen-bond acceptors (Lipinski definition) is 4. The molecule has 1 unspecified atom stereocenters. The molecule has 0 saturated carbocycles. The largest absolute Gasteiger partial charge is 0.573 e. The lowest BCUT2D eigenvalue weighted by Gasteiger charge is -2.13. The smallest absolute Gasteiger partial charge is 0.406 e. The second-order valence-corrected chi connectivity index (χ2v) is 5.26. The van der Waals surface area contributed by atoms with Crippen LogP contribution in [0.1, 0.15) is 22.3 Å². The second kappa shape index (κ2) is 5.80. The molecule has 0 amide bonds. The molecule has 0 aliphatic rings. The summed E-state index contributed by atoms with van der Waals surface area (Å²) in [5, 5.41) is 2.77. The minimum atomic E-state index is -4.70. The number of ether oxygens (including phenoxy) is 1. The molecule has 0 saturated heterocycles. The first-order valence-corrected chi connectivity index (χ1v) is 6.74. The predicted molar refractivity (Wildman–Crippen MR) is 70.6 cm³/mol. The van der Waals surface area contributed by atoms with Crippen molar-refractivity contribution < 1.29 is 17.9 Å². The first-order chi connectivity index (χ1) is 9.33. The average molecular weight is 302 g/mol. The highest BCUT2D eigenvalue weighted by Crippen LogP contribution is 2.26. The van der Waals surface area contributed by atoms with Crippen LogP contribution in [-0.2, 0) is 6.42 Å². The molecule has 1 aromatic carbocycles. The summed E-state index contributed by atoms with van der Waals surface area (Å²) in [5.41, 5.74) is 7.49. The van der Waals surface area contributed by atoms with Gasteiger partial charge in [-0.25, -0.2) is 4.98 Å². The summed E-state index contributed by atoms with van der Waals surface area (Å²) < 4.78 is 40.4. The van der Waals surface area contributed by atoms with E-state index in [1.54, 1.807) is 6.07 Å². The van der Waals surface area contributed by atoms with Gasteiger partial charge in [0, 0.05) is 23.5 Å². The van der Waals surface area contributed by atoms with E-state index in [0.29, 0.717) is 12.0 Å². The lowest BCUT2D eigenvalue weighted by molar-refractivity contribution is -0.274. The van der Waals surface area contributed by atoms with Gasteiger partial charge in [0.15, 0.2) is 0 Å². The first-order valence-electron chi connectivity index (χ1n) is 5.86. The van der Waals surface area contributed by atoms with Crippen molar-refractivity contribution >= 4 is 11.3 Å². The number of thiazole rings is 1. The van der Waals surface area contributed by atoms with E-state index in [4.69, 9.17) is 5.73 Å². The number of benzene rings is 1. The second-order valence-electron chi connectivity index (χ2n) is 4.31. The zero-order valence-electron chi connectivity index (χ0n) is 10.6. The highest BCUT2D eigenvalue weighted by atomic mass is 32.1. The first kappa shape index (κ1) is 14.8. The fourth-order valence-electron chi connectivity index (χ4n) is 1.74. The van der Waals surface area contributed by atoms with Crippen molar-refractivity contribution in [2.24, 2.45) is 5.73 Å². The van der Waals surface area contributed by atoms with Gasteiger partial charge in [0.1, 0.15) is 5.75 Å². The number of rotatable bonds is 4. The predicted octanol–water partition coefficient (Wildman–Crippen LogP) is 3.59. The summed E-state index contributed by atoms with van der Waals surface area (Å²) >= 11 is 1.48. The Labute approximate surface area is 118 Å². The maximum absolute atomic E-state index is 12.2. The Bertz CT molecular complexity index is 583. The highest BCUT2D eigenvalue weighted by molar-refractivity contribution is 7.09. The van der Waals surface area contributed by atoms with Gasteiger partial charge in [0.2, 0.25) is 0 Å². The van der Waals surface area contributed by atoms with Crippen molar-refractivity contribution in [2.75, 3.05) is 0 Å². The molecule has 0 radical (unpaired) electrons. The van der Waals surface area contributed by atoms with E-state index >= 15 is 0 Å². The molecule has 7 heteroatoms. The molecular formula is C13H13F3N2OS. The van der Waals surface area contributed by atoms with Crippen LogP contribution < -0.4 is 10.5 Å². The Kier molecular flexibility index (Phi) is 4.29. The molecule has 0 aliphatic carbocycles. The minimum Gasteiger partial charge on any atom is -0.406 e. The van der Waals surface area contributed by atoms with E-state index < -0.39 is 12.4 Å². The van der Waals surface area contributed by atoms with Crippen LogP contribution in [-0.4, -0.2) is 11.3 Å². The zero-order valence-corrected chi connectivity index (χ0v) is 11.5. The molecule has 1 heterocycles. The summed E-state index contributed by atoms with van der Waals surface area (Å²) in [7, 11) is 0. The SMILES string of the molecule is Cc1csc(CC(N)c2cccc(OC(F)(F)F)c2)n1. The van der Waals surface area contributed by atoms with Crippen LogP contribution in [0.15, 0.2) is 29.6 Å². The average Bonchev–Trinajstić information content (AvgIpc) is 2.73. The van der Waals surface area contributed by atoms with Crippen LogP contribution in [0.5, 0.6) is 5.75 Å². The molecule has 0 fully saturated rings. The van der Waals surface area contributed by atoms with Crippen LogP contribution in [0.4, 0.5) is 13.2 Å². The molecule has 1 aromatic heterocycles. The molecule has 2 aromatic rings. The normalized spacial score (nSPS) is 13.2. The quantitative estimate of drug-likeness (QED) is 0.939. The highest BCUT2D eigenvalue weighted by Gasteiger charge is 2.31. The van der Waals surface area contributed by atoms with Crippen molar-refractivity contribution in [1.29, 1.82) is 0 Å². The summed E-state index contributed by atoms with van der Waals surface area (Å²) in [5.74, 6) is -0.263. The molecule has 0 spiro atoms. The van der Waals surface area contributed by atoms with Gasteiger partial charge in [-0.15, -0.1) is 24.5 Å². The third-order valence-corrected chi connectivity index (χ3v) is 3.57. The Balaban J connectivity index is 2.10. The Hall–Kier alpha value is -1.60. The zero-order chi connectivity index (χ0) is 14.8. The van der Waals surface area contributed by atoms with E-state index in [1.165, 1.54) is 29.5 Å². The van der Waals surface area contributed by atoms with Gasteiger partial charge in [0.05, 0.1) is 5.01 Å². The number of nitrogens with zero attached hydrogens (tertiary/aromatic N) is 1. The van der Waals surface area contributed by atoms with Crippen molar-refractivity contribution in [2.45, 2.75) is 25.7 Å². The summed E-state index contributed by atoms with van der Waals surface area (Å²) in [6.45, 7) is 1.88. The van der Waals surface area contributed by atoms with Crippen molar-refractivity contribution in [1.82, 2.24) is 4.98 Å². The lowest BCUT2D eigenvalue weighted by atomic mass is 10.0. The van der Waals surface area contributed by atoms with Crippen molar-refractivity contribution in [3.05, 3.63) is 45.9 Å². The van der Waals surface area contributed by atoms with Gasteiger partial charge >= 0.3 is 6.36 Å². The van der Waals surface area contributed by atoms with Crippen molar-refractivity contribution in [3.8, 4) is 5.75 Å². The van der Waals surface area contributed by atoms with Crippen LogP contribution in [0, 0.1) is 6.92 Å². The van der Waals surface area contributed by atoms with Crippen LogP contribution in [0.25, 0.3) is 0 Å². The van der Waals surface area contributed by atoms with Gasteiger partial charge < -0.3 is 10.5 Å². The van der Waals surface area contributed by atoms with E-state index in [-0.39, 0.29) is 5.75 Å². The standard InChI is InChI=1S/C13H13F3N2OS/c1-8-7-20-12(18-8)6-11(17)9-3-2-4-10(5-9)19-13(14,15)16/h2-5,7,11H,6,17H2,1H3. The molecule has 3 nitrogen and oxygen atoms in total. The van der Waals surface area contributed by atoms with Crippen LogP contribution in [0.3, 0.4) is 0 Å². The third-order valence-electron chi connectivity index (χ3n) is 2.58. The fourth-order valence-corrected chi connectivity index (χ4v) is 2.58. The summed E-state index contributed by atoms with van der Waals surface area (Å²) in [6.07, 6.45) is -4.22. The molecule has 0 bridgehead atoms. The maximum atomic E-state index is 12.2. The number of aryl methyl sites for hydroxylation is 1. The molecular weight excluding hydrogens is 289 g/mol. The minimum absolute atomic E-state index is 0.263. The molecule has 2 N–H and O–H groups in total. The third kappa shape index (κ3) is 4.21.